The summed E-state index contributed by atoms with van der Waals surface area (Å²) in [4.78, 5) is 22.1. The third-order valence-electron chi connectivity index (χ3n) is 5.23. The Balaban J connectivity index is 2.01. The Morgan fingerprint density at radius 3 is 2.40 bits per heavy atom. The summed E-state index contributed by atoms with van der Waals surface area (Å²) in [5, 5.41) is 13.1. The second-order valence-electron chi connectivity index (χ2n) is 7.96. The van der Waals surface area contributed by atoms with Gasteiger partial charge in [-0.2, -0.15) is 0 Å². The monoisotopic (exact) mass is 439 g/mol. The molecule has 0 unspecified atom stereocenters. The van der Waals surface area contributed by atoms with E-state index in [2.05, 4.69) is 4.98 Å². The topological polar surface area (TPSA) is 69.2 Å². The highest BCUT2D eigenvalue weighted by Gasteiger charge is 2.23. The zero-order valence-electron chi connectivity index (χ0n) is 17.0. The molecule has 0 fully saturated rings. The van der Waals surface area contributed by atoms with Crippen LogP contribution in [0.15, 0.2) is 47.4 Å². The SMILES string of the molecule is Bc1ccc2nc(N(C)c3c(Cl)cc(C(C)(C)O)cc3Cl)c3cc[nH]c(=O)c3c2c1. The van der Waals surface area contributed by atoms with Crippen LogP contribution in [0.2, 0.25) is 10.0 Å². The Morgan fingerprint density at radius 2 is 1.77 bits per heavy atom. The van der Waals surface area contributed by atoms with Crippen molar-refractivity contribution in [3.63, 3.8) is 0 Å². The lowest BCUT2D eigenvalue weighted by Gasteiger charge is -2.25. The van der Waals surface area contributed by atoms with Crippen molar-refractivity contribution in [2.45, 2.75) is 19.4 Å². The first-order valence-corrected chi connectivity index (χ1v) is 10.2. The molecular weight excluding hydrogens is 420 g/mol. The Bertz CT molecular complexity index is 1340. The van der Waals surface area contributed by atoms with Gasteiger partial charge in [0.05, 0.1) is 32.2 Å². The smallest absolute Gasteiger partial charge is 0.256 e. The van der Waals surface area contributed by atoms with Crippen molar-refractivity contribution < 1.29 is 5.11 Å². The van der Waals surface area contributed by atoms with Crippen molar-refractivity contribution in [3.8, 4) is 0 Å². The van der Waals surface area contributed by atoms with E-state index in [-0.39, 0.29) is 5.56 Å². The number of anilines is 2. The van der Waals surface area contributed by atoms with Gasteiger partial charge in [-0.1, -0.05) is 40.8 Å². The van der Waals surface area contributed by atoms with Gasteiger partial charge in [0.2, 0.25) is 0 Å². The number of aromatic nitrogens is 2. The van der Waals surface area contributed by atoms with E-state index < -0.39 is 5.60 Å². The number of halogens is 2. The van der Waals surface area contributed by atoms with Gasteiger partial charge in [0, 0.05) is 24.0 Å². The highest BCUT2D eigenvalue weighted by molar-refractivity contribution is 6.39. The molecule has 0 bridgehead atoms. The fourth-order valence-corrected chi connectivity index (χ4v) is 4.40. The zero-order chi connectivity index (χ0) is 21.8. The Morgan fingerprint density at radius 1 is 1.10 bits per heavy atom. The number of nitrogens with zero attached hydrogens (tertiary/aromatic N) is 2. The third kappa shape index (κ3) is 3.45. The van der Waals surface area contributed by atoms with E-state index in [1.165, 1.54) is 0 Å². The molecule has 0 saturated carbocycles. The molecule has 0 radical (unpaired) electrons. The van der Waals surface area contributed by atoms with Crippen LogP contribution in [0.25, 0.3) is 21.7 Å². The summed E-state index contributed by atoms with van der Waals surface area (Å²) in [5.41, 5.74) is 1.64. The average molecular weight is 440 g/mol. The first-order valence-electron chi connectivity index (χ1n) is 9.45. The van der Waals surface area contributed by atoms with Crippen molar-refractivity contribution in [2.24, 2.45) is 0 Å². The number of nitrogens with one attached hydrogen (secondary N) is 1. The summed E-state index contributed by atoms with van der Waals surface area (Å²) in [7, 11) is 3.78. The van der Waals surface area contributed by atoms with Crippen molar-refractivity contribution in [1.29, 1.82) is 0 Å². The van der Waals surface area contributed by atoms with E-state index >= 15 is 0 Å². The number of hydrogen-bond acceptors (Lipinski definition) is 4. The fraction of sp³-hybridized carbons (Fsp3) is 0.182. The number of rotatable bonds is 3. The molecule has 0 aliphatic heterocycles. The molecule has 0 atom stereocenters. The molecular formula is C22H20BCl2N3O2. The molecule has 0 aliphatic rings. The maximum Gasteiger partial charge on any atom is 0.256 e. The first kappa shape index (κ1) is 20.7. The van der Waals surface area contributed by atoms with E-state index in [0.717, 1.165) is 10.8 Å². The molecule has 152 valence electrons. The van der Waals surface area contributed by atoms with E-state index in [0.29, 0.717) is 43.4 Å². The molecule has 2 N–H and O–H groups in total. The average Bonchev–Trinajstić information content (AvgIpc) is 2.66. The van der Waals surface area contributed by atoms with Crippen LogP contribution in [-0.4, -0.2) is 30.0 Å². The van der Waals surface area contributed by atoms with Gasteiger partial charge < -0.3 is 15.0 Å². The minimum absolute atomic E-state index is 0.185. The van der Waals surface area contributed by atoms with Crippen LogP contribution in [0.1, 0.15) is 19.4 Å². The Hall–Kier alpha value is -2.54. The molecule has 2 heterocycles. The Labute approximate surface area is 184 Å². The lowest BCUT2D eigenvalue weighted by molar-refractivity contribution is 0.0786. The number of aromatic amines is 1. The summed E-state index contributed by atoms with van der Waals surface area (Å²) < 4.78 is 0. The van der Waals surface area contributed by atoms with Crippen LogP contribution in [0.3, 0.4) is 0 Å². The van der Waals surface area contributed by atoms with Crippen molar-refractivity contribution in [3.05, 3.63) is 68.6 Å². The van der Waals surface area contributed by atoms with Crippen molar-refractivity contribution >= 4 is 69.7 Å². The molecule has 30 heavy (non-hydrogen) atoms. The zero-order valence-corrected chi connectivity index (χ0v) is 18.6. The fourth-order valence-electron chi connectivity index (χ4n) is 3.65. The molecule has 2 aromatic heterocycles. The largest absolute Gasteiger partial charge is 0.386 e. The summed E-state index contributed by atoms with van der Waals surface area (Å²) >= 11 is 13.1. The van der Waals surface area contributed by atoms with Crippen molar-refractivity contribution in [2.75, 3.05) is 11.9 Å². The molecule has 5 nitrogen and oxygen atoms in total. The van der Waals surface area contributed by atoms with Gasteiger partial charge in [0.1, 0.15) is 13.7 Å². The molecule has 4 aromatic rings. The maximum atomic E-state index is 12.7. The number of fused-ring (bicyclic) bond motifs is 3. The highest BCUT2D eigenvalue weighted by Crippen LogP contribution is 2.41. The van der Waals surface area contributed by atoms with Crippen LogP contribution in [0.4, 0.5) is 11.5 Å². The van der Waals surface area contributed by atoms with E-state index in [1.807, 2.05) is 32.1 Å². The van der Waals surface area contributed by atoms with Gasteiger partial charge in [-0.05, 0) is 43.7 Å². The van der Waals surface area contributed by atoms with Gasteiger partial charge in [0.15, 0.2) is 0 Å². The van der Waals surface area contributed by atoms with E-state index in [9.17, 15) is 9.90 Å². The minimum atomic E-state index is -1.08. The normalized spacial score (nSPS) is 11.9. The second kappa shape index (κ2) is 7.31. The van der Waals surface area contributed by atoms with Gasteiger partial charge in [-0.15, -0.1) is 0 Å². The summed E-state index contributed by atoms with van der Waals surface area (Å²) in [6.45, 7) is 3.34. The van der Waals surface area contributed by atoms with Crippen LogP contribution in [0.5, 0.6) is 0 Å². The third-order valence-corrected chi connectivity index (χ3v) is 5.80. The van der Waals surface area contributed by atoms with E-state index in [4.69, 9.17) is 28.2 Å². The second-order valence-corrected chi connectivity index (χ2v) is 8.77. The van der Waals surface area contributed by atoms with Crippen molar-refractivity contribution in [1.82, 2.24) is 9.97 Å². The van der Waals surface area contributed by atoms with Crippen LogP contribution < -0.4 is 15.9 Å². The lowest BCUT2D eigenvalue weighted by atomic mass is 9.93. The molecule has 4 rings (SSSR count). The first-order chi connectivity index (χ1) is 14.1. The van der Waals surface area contributed by atoms with Crippen LogP contribution in [-0.2, 0) is 5.60 Å². The minimum Gasteiger partial charge on any atom is -0.386 e. The molecule has 0 saturated heterocycles. The van der Waals surface area contributed by atoms with Gasteiger partial charge >= 0.3 is 0 Å². The highest BCUT2D eigenvalue weighted by atomic mass is 35.5. The van der Waals surface area contributed by atoms with Gasteiger partial charge in [-0.3, -0.25) is 4.79 Å². The molecule has 0 amide bonds. The number of hydrogen-bond donors (Lipinski definition) is 2. The summed E-state index contributed by atoms with van der Waals surface area (Å²) in [5.74, 6) is 0.562. The Kier molecular flexibility index (Phi) is 5.05. The lowest BCUT2D eigenvalue weighted by Crippen LogP contribution is -2.18. The van der Waals surface area contributed by atoms with E-state index in [1.54, 1.807) is 44.1 Å². The van der Waals surface area contributed by atoms with Crippen LogP contribution in [0, 0.1) is 0 Å². The number of pyridine rings is 2. The van der Waals surface area contributed by atoms with Crippen LogP contribution >= 0.6 is 23.2 Å². The van der Waals surface area contributed by atoms with Gasteiger partial charge in [0.25, 0.3) is 5.56 Å². The number of H-pyrrole nitrogens is 1. The predicted octanol–water partition coefficient (Wildman–Crippen LogP) is 3.64. The molecule has 0 spiro atoms. The summed E-state index contributed by atoms with van der Waals surface area (Å²) in [6, 6.07) is 11.0. The van der Waals surface area contributed by atoms with Gasteiger partial charge in [-0.25, -0.2) is 4.98 Å². The number of benzene rings is 2. The maximum absolute atomic E-state index is 12.7. The molecule has 0 aliphatic carbocycles. The molecule has 8 heteroatoms. The molecule has 2 aromatic carbocycles. The standard InChI is InChI=1S/C22H20BCl2N3O2/c1-22(2,30)11-8-15(24)19(16(25)9-11)28(3)20-13-6-7-26-21(29)18(13)14-10-12(23)4-5-17(14)27-20/h4-10,30H,23H2,1-3H3,(H,26,29). The number of aliphatic hydroxyl groups is 1. The quantitative estimate of drug-likeness (QED) is 0.377. The summed E-state index contributed by atoms with van der Waals surface area (Å²) in [6.07, 6.45) is 1.60. The predicted molar refractivity (Wildman–Crippen MR) is 128 cm³/mol.